The molecule has 0 amide bonds. The molecule has 0 aliphatic carbocycles. The third kappa shape index (κ3) is 2.56. The number of hydrogen-bond acceptors (Lipinski definition) is 5. The lowest BCUT2D eigenvalue weighted by Crippen LogP contribution is -2.16. The Kier molecular flexibility index (Phi) is 3.38. The number of hydrogen-bond donors (Lipinski definition) is 0. The van der Waals surface area contributed by atoms with E-state index in [4.69, 9.17) is 4.52 Å². The maximum atomic E-state index is 13.2. The molecule has 0 aliphatic heterocycles. The molecule has 0 aliphatic rings. The molecule has 0 bridgehead atoms. The van der Waals surface area contributed by atoms with Gasteiger partial charge in [-0.15, -0.1) is 0 Å². The van der Waals surface area contributed by atoms with Crippen LogP contribution in [0.2, 0.25) is 0 Å². The SMILES string of the molecule is O=c1c(-c2nc(Cc3cccc(F)c3)no2)cnc2ccccn12. The monoisotopic (exact) mass is 322 g/mol. The minimum atomic E-state index is -0.326. The molecule has 0 N–H and O–H groups in total. The quantitative estimate of drug-likeness (QED) is 0.579. The molecule has 0 unspecified atom stereocenters. The highest BCUT2D eigenvalue weighted by Crippen LogP contribution is 2.15. The summed E-state index contributed by atoms with van der Waals surface area (Å²) in [7, 11) is 0. The van der Waals surface area contributed by atoms with E-state index in [1.807, 2.05) is 0 Å². The fourth-order valence-corrected chi connectivity index (χ4v) is 2.44. The van der Waals surface area contributed by atoms with Gasteiger partial charge < -0.3 is 4.52 Å². The van der Waals surface area contributed by atoms with Crippen molar-refractivity contribution in [3.05, 3.63) is 82.4 Å². The molecule has 4 rings (SSSR count). The van der Waals surface area contributed by atoms with Crippen LogP contribution in [0.1, 0.15) is 11.4 Å². The molecule has 3 heterocycles. The highest BCUT2D eigenvalue weighted by Gasteiger charge is 2.15. The summed E-state index contributed by atoms with van der Waals surface area (Å²) in [5.41, 5.74) is 1.18. The van der Waals surface area contributed by atoms with Gasteiger partial charge >= 0.3 is 0 Å². The Morgan fingerprint density at radius 1 is 1.17 bits per heavy atom. The number of pyridine rings is 1. The van der Waals surface area contributed by atoms with E-state index in [1.165, 1.54) is 22.7 Å². The highest BCUT2D eigenvalue weighted by molar-refractivity contribution is 5.53. The van der Waals surface area contributed by atoms with Crippen LogP contribution in [0.4, 0.5) is 4.39 Å². The number of fused-ring (bicyclic) bond motifs is 1. The largest absolute Gasteiger partial charge is 0.334 e. The van der Waals surface area contributed by atoms with Gasteiger partial charge in [-0.25, -0.2) is 9.37 Å². The summed E-state index contributed by atoms with van der Waals surface area (Å²) < 4.78 is 19.8. The van der Waals surface area contributed by atoms with Crippen molar-refractivity contribution < 1.29 is 8.91 Å². The van der Waals surface area contributed by atoms with E-state index in [9.17, 15) is 9.18 Å². The molecule has 24 heavy (non-hydrogen) atoms. The van der Waals surface area contributed by atoms with Crippen molar-refractivity contribution in [3.8, 4) is 11.5 Å². The lowest BCUT2D eigenvalue weighted by atomic mass is 10.1. The zero-order chi connectivity index (χ0) is 16.5. The van der Waals surface area contributed by atoms with Crippen LogP contribution in [0, 0.1) is 5.82 Å². The third-order valence-electron chi connectivity index (χ3n) is 3.56. The molecule has 0 radical (unpaired) electrons. The van der Waals surface area contributed by atoms with Gasteiger partial charge in [0.2, 0.25) is 0 Å². The molecular weight excluding hydrogens is 311 g/mol. The molecule has 0 fully saturated rings. The minimum absolute atomic E-state index is 0.0946. The summed E-state index contributed by atoms with van der Waals surface area (Å²) in [5.74, 6) is 0.138. The number of halogens is 1. The fraction of sp³-hybridized carbons (Fsp3) is 0.0588. The van der Waals surface area contributed by atoms with Gasteiger partial charge in [-0.05, 0) is 29.8 Å². The van der Waals surface area contributed by atoms with E-state index in [-0.39, 0.29) is 22.8 Å². The van der Waals surface area contributed by atoms with E-state index in [0.29, 0.717) is 17.9 Å². The Hall–Kier alpha value is -3.35. The van der Waals surface area contributed by atoms with Crippen LogP contribution in [-0.2, 0) is 6.42 Å². The van der Waals surface area contributed by atoms with Crippen LogP contribution in [0.5, 0.6) is 0 Å². The van der Waals surface area contributed by atoms with Crippen molar-refractivity contribution >= 4 is 5.65 Å². The maximum absolute atomic E-state index is 13.2. The second-order valence-corrected chi connectivity index (χ2v) is 5.23. The second-order valence-electron chi connectivity index (χ2n) is 5.23. The van der Waals surface area contributed by atoms with Crippen LogP contribution >= 0.6 is 0 Å². The Labute approximate surface area is 135 Å². The Morgan fingerprint density at radius 3 is 2.96 bits per heavy atom. The summed E-state index contributed by atoms with van der Waals surface area (Å²) in [6.07, 6.45) is 3.35. The standard InChI is InChI=1S/C17H11FN4O2/c18-12-5-3-4-11(8-12)9-14-20-16(24-21-14)13-10-19-15-6-1-2-7-22(15)17(13)23/h1-8,10H,9H2. The van der Waals surface area contributed by atoms with Crippen molar-refractivity contribution in [1.82, 2.24) is 19.5 Å². The van der Waals surface area contributed by atoms with Crippen LogP contribution in [-0.4, -0.2) is 19.5 Å². The first-order valence-corrected chi connectivity index (χ1v) is 7.24. The zero-order valence-corrected chi connectivity index (χ0v) is 12.4. The van der Waals surface area contributed by atoms with E-state index in [2.05, 4.69) is 15.1 Å². The van der Waals surface area contributed by atoms with Gasteiger partial charge in [0.25, 0.3) is 11.4 Å². The lowest BCUT2D eigenvalue weighted by Gasteiger charge is -2.00. The van der Waals surface area contributed by atoms with Crippen molar-refractivity contribution in [2.24, 2.45) is 0 Å². The summed E-state index contributed by atoms with van der Waals surface area (Å²) in [4.78, 5) is 20.9. The number of rotatable bonds is 3. The number of aromatic nitrogens is 4. The average molecular weight is 322 g/mol. The Balaban J connectivity index is 1.70. The third-order valence-corrected chi connectivity index (χ3v) is 3.56. The van der Waals surface area contributed by atoms with Gasteiger partial charge in [-0.1, -0.05) is 23.4 Å². The molecule has 0 spiro atoms. The minimum Gasteiger partial charge on any atom is -0.334 e. The lowest BCUT2D eigenvalue weighted by molar-refractivity contribution is 0.423. The molecule has 3 aromatic heterocycles. The predicted octanol–water partition coefficient (Wildman–Crippen LogP) is 2.47. The first kappa shape index (κ1) is 14.3. The molecule has 6 nitrogen and oxygen atoms in total. The van der Waals surface area contributed by atoms with Crippen molar-refractivity contribution in [2.75, 3.05) is 0 Å². The Morgan fingerprint density at radius 2 is 2.08 bits per heavy atom. The molecular formula is C17H11FN4O2. The van der Waals surface area contributed by atoms with Gasteiger partial charge in [0.1, 0.15) is 17.0 Å². The van der Waals surface area contributed by atoms with Gasteiger partial charge in [0, 0.05) is 18.8 Å². The summed E-state index contributed by atoms with van der Waals surface area (Å²) in [5, 5.41) is 3.85. The van der Waals surface area contributed by atoms with Crippen LogP contribution < -0.4 is 5.56 Å². The van der Waals surface area contributed by atoms with Crippen molar-refractivity contribution in [2.45, 2.75) is 6.42 Å². The van der Waals surface area contributed by atoms with Crippen molar-refractivity contribution in [3.63, 3.8) is 0 Å². The number of benzene rings is 1. The number of nitrogens with zero attached hydrogens (tertiary/aromatic N) is 4. The first-order chi connectivity index (χ1) is 11.7. The van der Waals surface area contributed by atoms with Crippen LogP contribution in [0.15, 0.2) is 64.2 Å². The van der Waals surface area contributed by atoms with Gasteiger partial charge in [0.05, 0.1) is 0 Å². The van der Waals surface area contributed by atoms with E-state index >= 15 is 0 Å². The first-order valence-electron chi connectivity index (χ1n) is 7.24. The second kappa shape index (κ2) is 5.69. The molecule has 118 valence electrons. The fourth-order valence-electron chi connectivity index (χ4n) is 2.44. The molecule has 4 aromatic rings. The van der Waals surface area contributed by atoms with E-state index < -0.39 is 0 Å². The molecule has 1 aromatic carbocycles. The van der Waals surface area contributed by atoms with E-state index in [0.717, 1.165) is 5.56 Å². The van der Waals surface area contributed by atoms with Crippen molar-refractivity contribution in [1.29, 1.82) is 0 Å². The van der Waals surface area contributed by atoms with Gasteiger partial charge in [-0.3, -0.25) is 9.20 Å². The highest BCUT2D eigenvalue weighted by atomic mass is 19.1. The maximum Gasteiger partial charge on any atom is 0.270 e. The summed E-state index contributed by atoms with van der Waals surface area (Å²) >= 11 is 0. The summed E-state index contributed by atoms with van der Waals surface area (Å²) in [6, 6.07) is 11.4. The Bertz CT molecular complexity index is 1090. The average Bonchev–Trinajstić information content (AvgIpc) is 3.04. The zero-order valence-electron chi connectivity index (χ0n) is 12.4. The molecule has 0 saturated heterocycles. The predicted molar refractivity (Wildman–Crippen MR) is 84.0 cm³/mol. The van der Waals surface area contributed by atoms with Crippen LogP contribution in [0.3, 0.4) is 0 Å². The smallest absolute Gasteiger partial charge is 0.270 e. The molecule has 0 atom stereocenters. The normalized spacial score (nSPS) is 11.0. The van der Waals surface area contributed by atoms with E-state index in [1.54, 1.807) is 36.5 Å². The van der Waals surface area contributed by atoms with Gasteiger partial charge in [-0.2, -0.15) is 4.98 Å². The van der Waals surface area contributed by atoms with Gasteiger partial charge in [0.15, 0.2) is 5.82 Å². The molecule has 0 saturated carbocycles. The molecule has 7 heteroatoms. The van der Waals surface area contributed by atoms with Crippen LogP contribution in [0.25, 0.3) is 17.1 Å². The topological polar surface area (TPSA) is 73.3 Å². The summed E-state index contributed by atoms with van der Waals surface area (Å²) in [6.45, 7) is 0.